The second-order valence-corrected chi connectivity index (χ2v) is 7.36. The molecule has 3 aromatic heterocycles. The molecule has 0 radical (unpaired) electrons. The summed E-state index contributed by atoms with van der Waals surface area (Å²) in [5.41, 5.74) is 2.56. The van der Waals surface area contributed by atoms with Crippen LogP contribution in [-0.2, 0) is 27.5 Å². The predicted octanol–water partition coefficient (Wildman–Crippen LogP) is 2.87. The maximum absolute atomic E-state index is 12.2. The van der Waals surface area contributed by atoms with Crippen LogP contribution in [0.15, 0.2) is 53.5 Å². The van der Waals surface area contributed by atoms with Gasteiger partial charge in [0.15, 0.2) is 0 Å². The number of nitrogens with zero attached hydrogens (tertiary/aromatic N) is 3. The van der Waals surface area contributed by atoms with Crippen molar-refractivity contribution in [1.82, 2.24) is 14.4 Å². The minimum Gasteiger partial charge on any atom is -0.457 e. The zero-order valence-electron chi connectivity index (χ0n) is 15.1. The Morgan fingerprint density at radius 2 is 2.00 bits per heavy atom. The molecule has 4 aromatic rings. The van der Waals surface area contributed by atoms with Crippen LogP contribution in [0.3, 0.4) is 0 Å². The zero-order chi connectivity index (χ0) is 19.5. The minimum absolute atomic E-state index is 0.0804. The first-order valence-electron chi connectivity index (χ1n) is 8.65. The van der Waals surface area contributed by atoms with E-state index in [-0.39, 0.29) is 25.4 Å². The number of ether oxygens (including phenoxy) is 2. The molecule has 0 bridgehead atoms. The summed E-state index contributed by atoms with van der Waals surface area (Å²) in [5.74, 6) is -0.521. The summed E-state index contributed by atoms with van der Waals surface area (Å²) in [5, 5.41) is 0.800. The maximum atomic E-state index is 12.2. The molecule has 1 aromatic carbocycles. The van der Waals surface area contributed by atoms with Gasteiger partial charge in [-0.05, 0) is 30.7 Å². The van der Waals surface area contributed by atoms with Crippen LogP contribution >= 0.6 is 11.3 Å². The van der Waals surface area contributed by atoms with Gasteiger partial charge < -0.3 is 9.47 Å². The first kappa shape index (κ1) is 18.3. The molecule has 4 rings (SSSR count). The number of rotatable bonds is 6. The molecule has 0 saturated carbocycles. The van der Waals surface area contributed by atoms with Gasteiger partial charge >= 0.3 is 5.97 Å². The monoisotopic (exact) mass is 395 g/mol. The van der Waals surface area contributed by atoms with E-state index in [1.54, 1.807) is 12.3 Å². The summed E-state index contributed by atoms with van der Waals surface area (Å²) in [6, 6.07) is 12.8. The Bertz CT molecular complexity index is 1180. The fourth-order valence-corrected chi connectivity index (χ4v) is 3.64. The number of fused-ring (bicyclic) bond motifs is 2. The van der Waals surface area contributed by atoms with Gasteiger partial charge in [-0.15, -0.1) is 11.3 Å². The van der Waals surface area contributed by atoms with Gasteiger partial charge in [0.2, 0.25) is 0 Å². The van der Waals surface area contributed by atoms with Gasteiger partial charge in [-0.25, -0.2) is 14.8 Å². The molecule has 142 valence electrons. The molecule has 3 heterocycles. The standard InChI is InChI=1S/C20H17N3O4S/c1-13-6-7-17-21-14(8-19(24)23(17)9-13)10-27-20(25)12-26-11-18-22-15-4-2-3-5-16(15)28-18/h2-9H,10-12H2,1H3. The molecule has 0 unspecified atom stereocenters. The summed E-state index contributed by atoms with van der Waals surface area (Å²) in [7, 11) is 0. The van der Waals surface area contributed by atoms with E-state index < -0.39 is 5.97 Å². The van der Waals surface area contributed by atoms with Crippen molar-refractivity contribution in [1.29, 1.82) is 0 Å². The normalized spacial score (nSPS) is 11.2. The van der Waals surface area contributed by atoms with Gasteiger partial charge in [-0.3, -0.25) is 9.20 Å². The molecule has 0 amide bonds. The van der Waals surface area contributed by atoms with Crippen LogP contribution in [0, 0.1) is 6.92 Å². The molecule has 28 heavy (non-hydrogen) atoms. The molecule has 7 nitrogen and oxygen atoms in total. The molecule has 0 aliphatic heterocycles. The number of hydrogen-bond donors (Lipinski definition) is 0. The van der Waals surface area contributed by atoms with Crippen molar-refractivity contribution in [3.8, 4) is 0 Å². The number of thiazole rings is 1. The number of carbonyl (C=O) groups excluding carboxylic acids is 1. The molecule has 0 aliphatic rings. The van der Waals surface area contributed by atoms with Crippen molar-refractivity contribution < 1.29 is 14.3 Å². The highest BCUT2D eigenvalue weighted by molar-refractivity contribution is 7.18. The molecule has 0 spiro atoms. The third-order valence-corrected chi connectivity index (χ3v) is 5.04. The number of aromatic nitrogens is 3. The van der Waals surface area contributed by atoms with Crippen molar-refractivity contribution in [2.24, 2.45) is 0 Å². The highest BCUT2D eigenvalue weighted by Gasteiger charge is 2.09. The van der Waals surface area contributed by atoms with E-state index in [9.17, 15) is 9.59 Å². The fraction of sp³-hybridized carbons (Fsp3) is 0.200. The van der Waals surface area contributed by atoms with Gasteiger partial charge in [-0.1, -0.05) is 18.2 Å². The van der Waals surface area contributed by atoms with E-state index in [2.05, 4.69) is 9.97 Å². The third kappa shape index (κ3) is 4.08. The van der Waals surface area contributed by atoms with E-state index in [1.807, 2.05) is 37.3 Å². The highest BCUT2D eigenvalue weighted by Crippen LogP contribution is 2.21. The first-order valence-corrected chi connectivity index (χ1v) is 9.47. The fourth-order valence-electron chi connectivity index (χ4n) is 2.73. The van der Waals surface area contributed by atoms with Gasteiger partial charge in [-0.2, -0.15) is 0 Å². The smallest absolute Gasteiger partial charge is 0.332 e. The summed E-state index contributed by atoms with van der Waals surface area (Å²) in [6.45, 7) is 1.86. The van der Waals surface area contributed by atoms with Crippen molar-refractivity contribution in [2.45, 2.75) is 20.1 Å². The largest absolute Gasteiger partial charge is 0.457 e. The summed E-state index contributed by atoms with van der Waals surface area (Å²) in [6.07, 6.45) is 1.72. The van der Waals surface area contributed by atoms with E-state index in [1.165, 1.54) is 21.8 Å². The molecule has 0 atom stereocenters. The Morgan fingerprint density at radius 1 is 1.14 bits per heavy atom. The van der Waals surface area contributed by atoms with Crippen LogP contribution in [0.5, 0.6) is 0 Å². The van der Waals surface area contributed by atoms with Crippen LogP contribution in [0.1, 0.15) is 16.3 Å². The average Bonchev–Trinajstić information content (AvgIpc) is 3.10. The van der Waals surface area contributed by atoms with E-state index in [0.717, 1.165) is 20.8 Å². The van der Waals surface area contributed by atoms with Crippen LogP contribution in [0.4, 0.5) is 0 Å². The lowest BCUT2D eigenvalue weighted by Gasteiger charge is -2.06. The Balaban J connectivity index is 1.31. The first-order chi connectivity index (χ1) is 13.6. The minimum atomic E-state index is -0.521. The maximum Gasteiger partial charge on any atom is 0.332 e. The summed E-state index contributed by atoms with van der Waals surface area (Å²) < 4.78 is 13.1. The summed E-state index contributed by atoms with van der Waals surface area (Å²) >= 11 is 1.53. The predicted molar refractivity (Wildman–Crippen MR) is 105 cm³/mol. The Morgan fingerprint density at radius 3 is 2.86 bits per heavy atom. The van der Waals surface area contributed by atoms with Crippen LogP contribution < -0.4 is 5.56 Å². The number of hydrogen-bond acceptors (Lipinski definition) is 7. The van der Waals surface area contributed by atoms with Gasteiger partial charge in [0, 0.05) is 12.3 Å². The van der Waals surface area contributed by atoms with E-state index in [4.69, 9.17) is 9.47 Å². The van der Waals surface area contributed by atoms with E-state index >= 15 is 0 Å². The number of aryl methyl sites for hydroxylation is 1. The molecule has 0 fully saturated rings. The lowest BCUT2D eigenvalue weighted by atomic mass is 10.3. The Hall–Kier alpha value is -3.10. The lowest BCUT2D eigenvalue weighted by molar-refractivity contribution is -0.150. The topological polar surface area (TPSA) is 82.8 Å². The number of carbonyl (C=O) groups is 1. The molecule has 0 saturated heterocycles. The summed E-state index contributed by atoms with van der Waals surface area (Å²) in [4.78, 5) is 32.8. The molecule has 8 heteroatoms. The van der Waals surface area contributed by atoms with Gasteiger partial charge in [0.25, 0.3) is 5.56 Å². The zero-order valence-corrected chi connectivity index (χ0v) is 15.9. The lowest BCUT2D eigenvalue weighted by Crippen LogP contribution is -2.18. The highest BCUT2D eigenvalue weighted by atomic mass is 32.1. The quantitative estimate of drug-likeness (QED) is 0.467. The van der Waals surface area contributed by atoms with Gasteiger partial charge in [0.1, 0.15) is 23.9 Å². The number of esters is 1. The number of pyridine rings is 1. The Labute approximate surface area is 164 Å². The van der Waals surface area contributed by atoms with Crippen LogP contribution in [-0.4, -0.2) is 26.9 Å². The molecular formula is C20H17N3O4S. The van der Waals surface area contributed by atoms with Crippen molar-refractivity contribution >= 4 is 33.2 Å². The molecule has 0 N–H and O–H groups in total. The number of benzene rings is 1. The van der Waals surface area contributed by atoms with Crippen LogP contribution in [0.25, 0.3) is 15.9 Å². The molecule has 0 aliphatic carbocycles. The van der Waals surface area contributed by atoms with Crippen molar-refractivity contribution in [3.05, 3.63) is 75.3 Å². The van der Waals surface area contributed by atoms with Crippen molar-refractivity contribution in [2.75, 3.05) is 6.61 Å². The average molecular weight is 395 g/mol. The SMILES string of the molecule is Cc1ccc2nc(COC(=O)COCc3nc4ccccc4s3)cc(=O)n2c1. The Kier molecular flexibility index (Phi) is 5.14. The van der Waals surface area contributed by atoms with E-state index in [0.29, 0.717) is 11.3 Å². The second kappa shape index (κ2) is 7.87. The van der Waals surface area contributed by atoms with Crippen LogP contribution in [0.2, 0.25) is 0 Å². The third-order valence-electron chi connectivity index (χ3n) is 4.03. The molecular weight excluding hydrogens is 378 g/mol. The number of para-hydroxylation sites is 1. The van der Waals surface area contributed by atoms with Gasteiger partial charge in [0.05, 0.1) is 22.5 Å². The van der Waals surface area contributed by atoms with Crippen molar-refractivity contribution in [3.63, 3.8) is 0 Å². The second-order valence-electron chi connectivity index (χ2n) is 6.25.